The quantitative estimate of drug-likeness (QED) is 0.894. The first kappa shape index (κ1) is 17.5. The van der Waals surface area contributed by atoms with Gasteiger partial charge in [0.15, 0.2) is 0 Å². The highest BCUT2D eigenvalue weighted by Gasteiger charge is 2.26. The van der Waals surface area contributed by atoms with Crippen molar-refractivity contribution in [1.82, 2.24) is 4.90 Å². The van der Waals surface area contributed by atoms with Gasteiger partial charge in [-0.05, 0) is 44.0 Å². The van der Waals surface area contributed by atoms with Crippen LogP contribution in [0.1, 0.15) is 18.4 Å². The lowest BCUT2D eigenvalue weighted by atomic mass is 9.98. The number of rotatable bonds is 4. The summed E-state index contributed by atoms with van der Waals surface area (Å²) >= 11 is 0. The zero-order valence-corrected chi connectivity index (χ0v) is 12.9. The lowest BCUT2D eigenvalue weighted by molar-refractivity contribution is -0.144. The van der Waals surface area contributed by atoms with Crippen LogP contribution in [-0.2, 0) is 9.59 Å². The van der Waals surface area contributed by atoms with Crippen molar-refractivity contribution in [3.05, 3.63) is 29.8 Å². The number of hydrogen-bond acceptors (Lipinski definition) is 3. The average molecular weight is 313 g/mol. The van der Waals surface area contributed by atoms with Crippen LogP contribution in [-0.4, -0.2) is 41.5 Å². The molecule has 1 aromatic carbocycles. The predicted octanol–water partition coefficient (Wildman–Crippen LogP) is 2.15. The Balaban J connectivity index is 0.00000220. The monoisotopic (exact) mass is 312 g/mol. The molecule has 0 aliphatic carbocycles. The Morgan fingerprint density at radius 3 is 2.86 bits per heavy atom. The normalized spacial score (nSPS) is 18.6. The maximum atomic E-state index is 12.0. The third-order valence-electron chi connectivity index (χ3n) is 3.52. The maximum absolute atomic E-state index is 12.0. The van der Waals surface area contributed by atoms with Crippen LogP contribution in [0.3, 0.4) is 0 Å². The summed E-state index contributed by atoms with van der Waals surface area (Å²) in [6.07, 6.45) is 1.53. The van der Waals surface area contributed by atoms with E-state index in [0.717, 1.165) is 24.2 Å². The summed E-state index contributed by atoms with van der Waals surface area (Å²) in [7, 11) is 0. The molecule has 1 heterocycles. The van der Waals surface area contributed by atoms with Crippen molar-refractivity contribution in [2.24, 2.45) is 5.92 Å². The molecule has 0 radical (unpaired) electrons. The van der Waals surface area contributed by atoms with Gasteiger partial charge in [0.05, 0.1) is 12.5 Å². The number of hydrogen-bond donors (Lipinski definition) is 2. The first-order valence-corrected chi connectivity index (χ1v) is 6.86. The molecule has 1 amide bonds. The van der Waals surface area contributed by atoms with Crippen LogP contribution in [0.4, 0.5) is 5.69 Å². The molecule has 0 bridgehead atoms. The number of benzene rings is 1. The molecule has 1 saturated heterocycles. The molecule has 116 valence electrons. The molecular weight excluding hydrogens is 292 g/mol. The smallest absolute Gasteiger partial charge is 0.307 e. The van der Waals surface area contributed by atoms with Crippen molar-refractivity contribution < 1.29 is 14.7 Å². The molecule has 5 nitrogen and oxygen atoms in total. The van der Waals surface area contributed by atoms with Crippen molar-refractivity contribution in [1.29, 1.82) is 0 Å². The van der Waals surface area contributed by atoms with Gasteiger partial charge in [-0.25, -0.2) is 0 Å². The summed E-state index contributed by atoms with van der Waals surface area (Å²) in [5, 5.41) is 11.9. The lowest BCUT2D eigenvalue weighted by Crippen LogP contribution is -2.42. The number of aliphatic carboxylic acids is 1. The van der Waals surface area contributed by atoms with Gasteiger partial charge in [-0.3, -0.25) is 14.5 Å². The SMILES string of the molecule is Cc1cccc(NC(=O)CN2CCCC(C(=O)O)C2)c1.Cl. The minimum atomic E-state index is -0.770. The molecule has 2 N–H and O–H groups in total. The van der Waals surface area contributed by atoms with Gasteiger partial charge in [0.2, 0.25) is 5.91 Å². The van der Waals surface area contributed by atoms with E-state index >= 15 is 0 Å². The minimum Gasteiger partial charge on any atom is -0.481 e. The van der Waals surface area contributed by atoms with Gasteiger partial charge >= 0.3 is 5.97 Å². The number of amides is 1. The molecule has 6 heteroatoms. The minimum absolute atomic E-state index is 0. The van der Waals surface area contributed by atoms with Crippen molar-refractivity contribution in [3.8, 4) is 0 Å². The fourth-order valence-electron chi connectivity index (χ4n) is 2.53. The number of carbonyl (C=O) groups excluding carboxylic acids is 1. The number of likely N-dealkylation sites (tertiary alicyclic amines) is 1. The molecule has 1 aliphatic rings. The number of carboxylic acid groups (broad SMARTS) is 1. The molecule has 0 saturated carbocycles. The van der Waals surface area contributed by atoms with Crippen LogP contribution in [0, 0.1) is 12.8 Å². The molecule has 0 spiro atoms. The summed E-state index contributed by atoms with van der Waals surface area (Å²) in [5.41, 5.74) is 1.87. The zero-order valence-electron chi connectivity index (χ0n) is 12.0. The van der Waals surface area contributed by atoms with Gasteiger partial charge in [0, 0.05) is 12.2 Å². The van der Waals surface area contributed by atoms with Gasteiger partial charge in [-0.2, -0.15) is 0 Å². The Kier molecular flexibility index (Phi) is 6.65. The summed E-state index contributed by atoms with van der Waals surface area (Å²) < 4.78 is 0. The number of anilines is 1. The standard InChI is InChI=1S/C15H20N2O3.ClH/c1-11-4-2-6-13(8-11)16-14(18)10-17-7-3-5-12(9-17)15(19)20;/h2,4,6,8,12H,3,5,7,9-10H2,1H3,(H,16,18)(H,19,20);1H. The van der Waals surface area contributed by atoms with Crippen LogP contribution in [0.2, 0.25) is 0 Å². The lowest BCUT2D eigenvalue weighted by Gasteiger charge is -2.29. The summed E-state index contributed by atoms with van der Waals surface area (Å²) in [5.74, 6) is -1.22. The van der Waals surface area contributed by atoms with E-state index in [0.29, 0.717) is 13.0 Å². The van der Waals surface area contributed by atoms with Crippen molar-refractivity contribution >= 4 is 30.0 Å². The summed E-state index contributed by atoms with van der Waals surface area (Å²) in [6.45, 7) is 3.46. The van der Waals surface area contributed by atoms with Gasteiger partial charge in [-0.1, -0.05) is 12.1 Å². The second-order valence-corrected chi connectivity index (χ2v) is 5.33. The topological polar surface area (TPSA) is 69.6 Å². The van der Waals surface area contributed by atoms with Crippen LogP contribution >= 0.6 is 12.4 Å². The van der Waals surface area contributed by atoms with Gasteiger partial charge in [-0.15, -0.1) is 12.4 Å². The Hall–Kier alpha value is -1.59. The van der Waals surface area contributed by atoms with E-state index in [9.17, 15) is 9.59 Å². The van der Waals surface area contributed by atoms with E-state index in [-0.39, 0.29) is 30.8 Å². The average Bonchev–Trinajstić information content (AvgIpc) is 2.38. The Morgan fingerprint density at radius 2 is 2.19 bits per heavy atom. The highest BCUT2D eigenvalue weighted by Crippen LogP contribution is 2.16. The molecule has 1 fully saturated rings. The fraction of sp³-hybridized carbons (Fsp3) is 0.467. The third-order valence-corrected chi connectivity index (χ3v) is 3.52. The number of carbonyl (C=O) groups is 2. The van der Waals surface area contributed by atoms with Crippen LogP contribution in [0.5, 0.6) is 0 Å². The van der Waals surface area contributed by atoms with E-state index in [1.807, 2.05) is 36.1 Å². The van der Waals surface area contributed by atoms with E-state index in [4.69, 9.17) is 5.11 Å². The van der Waals surface area contributed by atoms with Crippen LogP contribution in [0.15, 0.2) is 24.3 Å². The predicted molar refractivity (Wildman–Crippen MR) is 83.9 cm³/mol. The number of carboxylic acids is 1. The molecule has 1 atom stereocenters. The second kappa shape index (κ2) is 8.00. The van der Waals surface area contributed by atoms with Gasteiger partial charge in [0.25, 0.3) is 0 Å². The summed E-state index contributed by atoms with van der Waals surface area (Å²) in [6, 6.07) is 7.62. The highest BCUT2D eigenvalue weighted by molar-refractivity contribution is 5.92. The van der Waals surface area contributed by atoms with Crippen LogP contribution < -0.4 is 5.32 Å². The van der Waals surface area contributed by atoms with E-state index in [1.54, 1.807) is 0 Å². The van der Waals surface area contributed by atoms with Gasteiger partial charge in [0.1, 0.15) is 0 Å². The fourth-order valence-corrected chi connectivity index (χ4v) is 2.53. The molecule has 0 aromatic heterocycles. The number of halogens is 1. The zero-order chi connectivity index (χ0) is 14.5. The molecule has 1 aromatic rings. The van der Waals surface area contributed by atoms with Crippen molar-refractivity contribution in [2.75, 3.05) is 25.0 Å². The highest BCUT2D eigenvalue weighted by atomic mass is 35.5. The largest absolute Gasteiger partial charge is 0.481 e. The van der Waals surface area contributed by atoms with E-state index < -0.39 is 5.97 Å². The Bertz CT molecular complexity index is 507. The number of aryl methyl sites for hydroxylation is 1. The third kappa shape index (κ3) is 5.36. The number of piperidine rings is 1. The molecule has 1 aliphatic heterocycles. The van der Waals surface area contributed by atoms with E-state index in [1.165, 1.54) is 0 Å². The van der Waals surface area contributed by atoms with Crippen LogP contribution in [0.25, 0.3) is 0 Å². The van der Waals surface area contributed by atoms with Crippen molar-refractivity contribution in [3.63, 3.8) is 0 Å². The second-order valence-electron chi connectivity index (χ2n) is 5.33. The first-order chi connectivity index (χ1) is 9.54. The Morgan fingerprint density at radius 1 is 1.43 bits per heavy atom. The number of nitrogens with one attached hydrogen (secondary N) is 1. The van der Waals surface area contributed by atoms with E-state index in [2.05, 4.69) is 5.32 Å². The number of nitrogens with zero attached hydrogens (tertiary/aromatic N) is 1. The Labute approximate surface area is 130 Å². The van der Waals surface area contributed by atoms with Crippen molar-refractivity contribution in [2.45, 2.75) is 19.8 Å². The molecule has 21 heavy (non-hydrogen) atoms. The first-order valence-electron chi connectivity index (χ1n) is 6.86. The van der Waals surface area contributed by atoms with Gasteiger partial charge < -0.3 is 10.4 Å². The molecular formula is C15H21ClN2O3. The molecule has 1 unspecified atom stereocenters. The molecule has 2 rings (SSSR count). The summed E-state index contributed by atoms with van der Waals surface area (Å²) in [4.78, 5) is 24.9. The maximum Gasteiger partial charge on any atom is 0.307 e.